The lowest BCUT2D eigenvalue weighted by Gasteiger charge is -2.02. The van der Waals surface area contributed by atoms with E-state index in [0.717, 1.165) is 12.0 Å². The first-order valence-corrected chi connectivity index (χ1v) is 4.33. The number of hydrogen-bond acceptors (Lipinski definition) is 2. The standard InChI is InChI=1S/C11H13O2/c1-3-8-13-11(12)10-6-4-9(2)5-7-10/h4-7H,2-3,8H2,1H3. The van der Waals surface area contributed by atoms with Crippen LogP contribution in [0.25, 0.3) is 0 Å². The number of hydrogen-bond donors (Lipinski definition) is 0. The van der Waals surface area contributed by atoms with E-state index in [2.05, 4.69) is 6.92 Å². The Kier molecular flexibility index (Phi) is 3.50. The Balaban J connectivity index is 2.61. The second kappa shape index (κ2) is 4.65. The highest BCUT2D eigenvalue weighted by atomic mass is 16.5. The van der Waals surface area contributed by atoms with Crippen molar-refractivity contribution in [2.75, 3.05) is 6.61 Å². The molecule has 2 heteroatoms. The van der Waals surface area contributed by atoms with Gasteiger partial charge in [-0.1, -0.05) is 19.1 Å². The van der Waals surface area contributed by atoms with Crippen LogP contribution in [-0.2, 0) is 4.74 Å². The molecule has 0 fully saturated rings. The number of ether oxygens (including phenoxy) is 1. The van der Waals surface area contributed by atoms with E-state index in [-0.39, 0.29) is 5.97 Å². The third-order valence-corrected chi connectivity index (χ3v) is 1.63. The Hall–Kier alpha value is -1.31. The van der Waals surface area contributed by atoms with Gasteiger partial charge >= 0.3 is 5.97 Å². The van der Waals surface area contributed by atoms with Crippen LogP contribution in [-0.4, -0.2) is 12.6 Å². The minimum Gasteiger partial charge on any atom is -0.462 e. The predicted octanol–water partition coefficient (Wildman–Crippen LogP) is 2.44. The van der Waals surface area contributed by atoms with Gasteiger partial charge in [-0.3, -0.25) is 0 Å². The molecule has 0 saturated carbocycles. The van der Waals surface area contributed by atoms with Crippen LogP contribution in [0.2, 0.25) is 0 Å². The zero-order valence-electron chi connectivity index (χ0n) is 7.75. The van der Waals surface area contributed by atoms with Gasteiger partial charge in [-0.15, -0.1) is 0 Å². The zero-order valence-corrected chi connectivity index (χ0v) is 7.75. The van der Waals surface area contributed by atoms with Crippen molar-refractivity contribution in [3.63, 3.8) is 0 Å². The van der Waals surface area contributed by atoms with Crippen molar-refractivity contribution >= 4 is 5.97 Å². The van der Waals surface area contributed by atoms with E-state index >= 15 is 0 Å². The highest BCUT2D eigenvalue weighted by molar-refractivity contribution is 5.89. The molecule has 0 heterocycles. The summed E-state index contributed by atoms with van der Waals surface area (Å²) in [5, 5.41) is 0. The molecule has 0 amide bonds. The van der Waals surface area contributed by atoms with Crippen LogP contribution in [0.1, 0.15) is 29.3 Å². The molecule has 0 saturated heterocycles. The molecule has 0 aliphatic carbocycles. The van der Waals surface area contributed by atoms with E-state index in [9.17, 15) is 4.79 Å². The highest BCUT2D eigenvalue weighted by Gasteiger charge is 2.04. The van der Waals surface area contributed by atoms with Crippen LogP contribution in [0.3, 0.4) is 0 Å². The number of rotatable bonds is 3. The molecule has 1 aromatic rings. The SMILES string of the molecule is [CH2]c1ccc(C(=O)OCCC)cc1. The van der Waals surface area contributed by atoms with Crippen LogP contribution in [0, 0.1) is 6.92 Å². The monoisotopic (exact) mass is 177 g/mol. The van der Waals surface area contributed by atoms with Crippen LogP contribution in [0.15, 0.2) is 24.3 Å². The lowest BCUT2D eigenvalue weighted by molar-refractivity contribution is 0.0505. The number of carbonyl (C=O) groups excluding carboxylic acids is 1. The zero-order chi connectivity index (χ0) is 9.68. The molecule has 2 nitrogen and oxygen atoms in total. The molecule has 0 aromatic heterocycles. The van der Waals surface area contributed by atoms with Gasteiger partial charge in [-0.2, -0.15) is 0 Å². The van der Waals surface area contributed by atoms with Gasteiger partial charge < -0.3 is 4.74 Å². The molecule has 13 heavy (non-hydrogen) atoms. The molecular formula is C11H13O2. The van der Waals surface area contributed by atoms with Gasteiger partial charge in [0.2, 0.25) is 0 Å². The normalized spacial score (nSPS) is 9.69. The molecular weight excluding hydrogens is 164 g/mol. The highest BCUT2D eigenvalue weighted by Crippen LogP contribution is 2.04. The summed E-state index contributed by atoms with van der Waals surface area (Å²) in [6.45, 7) is 6.17. The summed E-state index contributed by atoms with van der Waals surface area (Å²) in [4.78, 5) is 11.3. The minimum absolute atomic E-state index is 0.262. The van der Waals surface area contributed by atoms with E-state index in [1.165, 1.54) is 0 Å². The first-order valence-electron chi connectivity index (χ1n) is 4.33. The van der Waals surface area contributed by atoms with Gasteiger partial charge in [-0.25, -0.2) is 4.79 Å². The lowest BCUT2D eigenvalue weighted by atomic mass is 10.1. The summed E-state index contributed by atoms with van der Waals surface area (Å²) in [7, 11) is 0. The molecule has 0 spiro atoms. The number of benzene rings is 1. The van der Waals surface area contributed by atoms with Crippen LogP contribution in [0.5, 0.6) is 0 Å². The maximum absolute atomic E-state index is 11.3. The third-order valence-electron chi connectivity index (χ3n) is 1.63. The Labute approximate surface area is 78.5 Å². The van der Waals surface area contributed by atoms with Crippen molar-refractivity contribution in [1.29, 1.82) is 0 Å². The summed E-state index contributed by atoms with van der Waals surface area (Å²) < 4.78 is 4.96. The molecule has 0 aliphatic heterocycles. The van der Waals surface area contributed by atoms with Gasteiger partial charge in [0.15, 0.2) is 0 Å². The lowest BCUT2D eigenvalue weighted by Crippen LogP contribution is -2.05. The van der Waals surface area contributed by atoms with E-state index in [4.69, 9.17) is 4.74 Å². The Bertz CT molecular complexity index is 275. The molecule has 0 aliphatic rings. The summed E-state index contributed by atoms with van der Waals surface area (Å²) in [5.74, 6) is -0.262. The van der Waals surface area contributed by atoms with Crippen LogP contribution < -0.4 is 0 Å². The smallest absolute Gasteiger partial charge is 0.338 e. The van der Waals surface area contributed by atoms with Gasteiger partial charge in [0, 0.05) is 0 Å². The fourth-order valence-electron chi connectivity index (χ4n) is 0.919. The van der Waals surface area contributed by atoms with Crippen molar-refractivity contribution < 1.29 is 9.53 Å². The summed E-state index contributed by atoms with van der Waals surface area (Å²) in [6.07, 6.45) is 0.846. The van der Waals surface area contributed by atoms with Crippen molar-refractivity contribution in [2.24, 2.45) is 0 Å². The molecule has 1 radical (unpaired) electrons. The quantitative estimate of drug-likeness (QED) is 0.663. The van der Waals surface area contributed by atoms with Gasteiger partial charge in [0.05, 0.1) is 12.2 Å². The molecule has 1 rings (SSSR count). The fraction of sp³-hybridized carbons (Fsp3) is 0.273. The van der Waals surface area contributed by atoms with E-state index in [1.54, 1.807) is 24.3 Å². The first kappa shape index (κ1) is 9.78. The topological polar surface area (TPSA) is 26.3 Å². The average molecular weight is 177 g/mol. The van der Waals surface area contributed by atoms with Gasteiger partial charge in [0.1, 0.15) is 0 Å². The van der Waals surface area contributed by atoms with Crippen molar-refractivity contribution in [1.82, 2.24) is 0 Å². The fourth-order valence-corrected chi connectivity index (χ4v) is 0.919. The molecule has 0 unspecified atom stereocenters. The van der Waals surface area contributed by atoms with Crippen molar-refractivity contribution in [3.05, 3.63) is 42.3 Å². The van der Waals surface area contributed by atoms with E-state index in [1.807, 2.05) is 6.92 Å². The van der Waals surface area contributed by atoms with E-state index < -0.39 is 0 Å². The van der Waals surface area contributed by atoms with Crippen molar-refractivity contribution in [3.8, 4) is 0 Å². The van der Waals surface area contributed by atoms with Crippen LogP contribution >= 0.6 is 0 Å². The Morgan fingerprint density at radius 2 is 2.00 bits per heavy atom. The van der Waals surface area contributed by atoms with E-state index in [0.29, 0.717) is 12.2 Å². The summed E-state index contributed by atoms with van der Waals surface area (Å²) >= 11 is 0. The number of carbonyl (C=O) groups is 1. The molecule has 0 atom stereocenters. The van der Waals surface area contributed by atoms with Gasteiger partial charge in [0.25, 0.3) is 0 Å². The molecule has 69 valence electrons. The summed E-state index contributed by atoms with van der Waals surface area (Å²) in [5.41, 5.74) is 1.48. The summed E-state index contributed by atoms with van der Waals surface area (Å²) in [6, 6.07) is 7.03. The molecule has 0 bridgehead atoms. The predicted molar refractivity (Wildman–Crippen MR) is 51.5 cm³/mol. The maximum Gasteiger partial charge on any atom is 0.338 e. The minimum atomic E-state index is -0.262. The van der Waals surface area contributed by atoms with Crippen molar-refractivity contribution in [2.45, 2.75) is 13.3 Å². The first-order chi connectivity index (χ1) is 6.24. The maximum atomic E-state index is 11.3. The third kappa shape index (κ3) is 2.90. The Morgan fingerprint density at radius 3 is 2.54 bits per heavy atom. The molecule has 0 N–H and O–H groups in total. The largest absolute Gasteiger partial charge is 0.462 e. The number of esters is 1. The molecule has 1 aromatic carbocycles. The van der Waals surface area contributed by atoms with Crippen LogP contribution in [0.4, 0.5) is 0 Å². The Morgan fingerprint density at radius 1 is 1.38 bits per heavy atom. The average Bonchev–Trinajstić information content (AvgIpc) is 2.15. The second-order valence-corrected chi connectivity index (χ2v) is 2.83. The second-order valence-electron chi connectivity index (χ2n) is 2.83. The van der Waals surface area contributed by atoms with Gasteiger partial charge in [-0.05, 0) is 31.0 Å².